The zero-order chi connectivity index (χ0) is 18.6. The van der Waals surface area contributed by atoms with Crippen molar-refractivity contribution in [3.8, 4) is 5.75 Å². The van der Waals surface area contributed by atoms with Gasteiger partial charge in [0.25, 0.3) is 5.91 Å². The number of alkyl halides is 3. The summed E-state index contributed by atoms with van der Waals surface area (Å²) >= 11 is 0. The van der Waals surface area contributed by atoms with Gasteiger partial charge in [-0.2, -0.15) is 13.2 Å². The number of benzene rings is 2. The molecule has 0 radical (unpaired) electrons. The molecule has 1 N–H and O–H groups in total. The van der Waals surface area contributed by atoms with Crippen LogP contribution in [-0.4, -0.2) is 25.2 Å². The molecule has 1 saturated heterocycles. The molecule has 26 heavy (non-hydrogen) atoms. The molecular formula is C19H18F3NO3. The molecule has 1 amide bonds. The van der Waals surface area contributed by atoms with Crippen LogP contribution in [0.25, 0.3) is 0 Å². The van der Waals surface area contributed by atoms with E-state index in [1.165, 1.54) is 12.1 Å². The minimum absolute atomic E-state index is 0.0148. The highest BCUT2D eigenvalue weighted by atomic mass is 19.4. The van der Waals surface area contributed by atoms with E-state index in [1.807, 2.05) is 0 Å². The Kier molecular flexibility index (Phi) is 5.46. The van der Waals surface area contributed by atoms with E-state index in [4.69, 9.17) is 9.47 Å². The second-order valence-electron chi connectivity index (χ2n) is 5.97. The molecule has 2 aromatic carbocycles. The summed E-state index contributed by atoms with van der Waals surface area (Å²) in [5, 5.41) is 2.59. The van der Waals surface area contributed by atoms with E-state index < -0.39 is 17.6 Å². The molecule has 0 saturated carbocycles. The van der Waals surface area contributed by atoms with Gasteiger partial charge in [0, 0.05) is 12.3 Å². The number of carbonyl (C=O) groups is 1. The van der Waals surface area contributed by atoms with Crippen molar-refractivity contribution in [2.45, 2.75) is 25.1 Å². The number of amides is 1. The van der Waals surface area contributed by atoms with Crippen LogP contribution in [0.1, 0.15) is 28.8 Å². The van der Waals surface area contributed by atoms with Gasteiger partial charge in [0.1, 0.15) is 12.4 Å². The smallest absolute Gasteiger partial charge is 0.416 e. The number of hydrogen-bond donors (Lipinski definition) is 1. The van der Waals surface area contributed by atoms with Crippen molar-refractivity contribution in [3.05, 3.63) is 59.7 Å². The molecule has 1 atom stereocenters. The Morgan fingerprint density at radius 1 is 1.15 bits per heavy atom. The topological polar surface area (TPSA) is 47.6 Å². The SMILES string of the molecule is O=C(Nc1ccc(C(F)(F)F)cc1)c1ccccc1OC[C@@H]1CCCO1. The average Bonchev–Trinajstić information content (AvgIpc) is 3.13. The molecule has 0 unspecified atom stereocenters. The molecule has 138 valence electrons. The minimum Gasteiger partial charge on any atom is -0.490 e. The van der Waals surface area contributed by atoms with Crippen LogP contribution in [0.5, 0.6) is 5.75 Å². The summed E-state index contributed by atoms with van der Waals surface area (Å²) in [6.07, 6.45) is -2.49. The highest BCUT2D eigenvalue weighted by Crippen LogP contribution is 2.30. The van der Waals surface area contributed by atoms with Crippen LogP contribution in [0.4, 0.5) is 18.9 Å². The van der Waals surface area contributed by atoms with Gasteiger partial charge >= 0.3 is 6.18 Å². The maximum atomic E-state index is 12.6. The first kappa shape index (κ1) is 18.3. The van der Waals surface area contributed by atoms with Crippen LogP contribution in [0.15, 0.2) is 48.5 Å². The van der Waals surface area contributed by atoms with Gasteiger partial charge in [-0.15, -0.1) is 0 Å². The average molecular weight is 365 g/mol. The molecule has 0 spiro atoms. The third-order valence-corrected chi connectivity index (χ3v) is 4.05. The molecule has 3 rings (SSSR count). The Morgan fingerprint density at radius 3 is 2.54 bits per heavy atom. The molecule has 1 heterocycles. The van der Waals surface area contributed by atoms with Crippen molar-refractivity contribution in [2.75, 3.05) is 18.5 Å². The van der Waals surface area contributed by atoms with Crippen LogP contribution >= 0.6 is 0 Å². The number of hydrogen-bond acceptors (Lipinski definition) is 3. The van der Waals surface area contributed by atoms with Crippen LogP contribution in [0.2, 0.25) is 0 Å². The number of rotatable bonds is 5. The van der Waals surface area contributed by atoms with E-state index in [-0.39, 0.29) is 11.8 Å². The summed E-state index contributed by atoms with van der Waals surface area (Å²) in [6.45, 7) is 1.06. The van der Waals surface area contributed by atoms with E-state index in [1.54, 1.807) is 24.3 Å². The van der Waals surface area contributed by atoms with Crippen molar-refractivity contribution in [1.29, 1.82) is 0 Å². The summed E-state index contributed by atoms with van der Waals surface area (Å²) in [5.74, 6) is -0.0416. The van der Waals surface area contributed by atoms with E-state index >= 15 is 0 Å². The summed E-state index contributed by atoms with van der Waals surface area (Å²) < 4.78 is 49.0. The van der Waals surface area contributed by atoms with Gasteiger partial charge in [-0.05, 0) is 49.2 Å². The number of nitrogens with one attached hydrogen (secondary N) is 1. The molecule has 1 aliphatic rings. The highest BCUT2D eigenvalue weighted by molar-refractivity contribution is 6.06. The first-order valence-electron chi connectivity index (χ1n) is 8.25. The molecule has 7 heteroatoms. The number of anilines is 1. The van der Waals surface area contributed by atoms with Gasteiger partial charge in [-0.3, -0.25) is 4.79 Å². The molecule has 0 aromatic heterocycles. The molecular weight excluding hydrogens is 347 g/mol. The van der Waals surface area contributed by atoms with E-state index in [0.29, 0.717) is 24.5 Å². The standard InChI is InChI=1S/C19H18F3NO3/c20-19(21,22)13-7-9-14(10-8-13)23-18(24)16-5-1-2-6-17(16)26-12-15-4-3-11-25-15/h1-2,5-10,15H,3-4,11-12H2,(H,23,24)/t15-/m0/s1. The lowest BCUT2D eigenvalue weighted by Crippen LogP contribution is -2.19. The zero-order valence-electron chi connectivity index (χ0n) is 13.9. The largest absolute Gasteiger partial charge is 0.490 e. The van der Waals surface area contributed by atoms with Gasteiger partial charge in [0.2, 0.25) is 0 Å². The highest BCUT2D eigenvalue weighted by Gasteiger charge is 2.30. The Labute approximate surface area is 148 Å². The fraction of sp³-hybridized carbons (Fsp3) is 0.316. The lowest BCUT2D eigenvalue weighted by atomic mass is 10.1. The minimum atomic E-state index is -4.41. The van der Waals surface area contributed by atoms with E-state index in [2.05, 4.69) is 5.32 Å². The Bertz CT molecular complexity index is 753. The summed E-state index contributed by atoms with van der Waals surface area (Å²) in [7, 11) is 0. The number of para-hydroxylation sites is 1. The Morgan fingerprint density at radius 2 is 1.88 bits per heavy atom. The Balaban J connectivity index is 1.67. The summed E-state index contributed by atoms with van der Waals surface area (Å²) in [5.41, 5.74) is -0.182. The second kappa shape index (κ2) is 7.78. The van der Waals surface area contributed by atoms with Gasteiger partial charge in [0.15, 0.2) is 0 Å². The number of carbonyl (C=O) groups excluding carboxylic acids is 1. The fourth-order valence-electron chi connectivity index (χ4n) is 2.68. The molecule has 0 aliphatic carbocycles. The van der Waals surface area contributed by atoms with Gasteiger partial charge in [0.05, 0.1) is 17.2 Å². The van der Waals surface area contributed by atoms with Gasteiger partial charge in [-0.1, -0.05) is 12.1 Å². The molecule has 4 nitrogen and oxygen atoms in total. The fourth-order valence-corrected chi connectivity index (χ4v) is 2.68. The number of ether oxygens (including phenoxy) is 2. The molecule has 0 bridgehead atoms. The predicted molar refractivity (Wildman–Crippen MR) is 90.3 cm³/mol. The zero-order valence-corrected chi connectivity index (χ0v) is 13.9. The third kappa shape index (κ3) is 4.54. The van der Waals surface area contributed by atoms with E-state index in [0.717, 1.165) is 25.0 Å². The second-order valence-corrected chi connectivity index (χ2v) is 5.97. The Hall–Kier alpha value is -2.54. The maximum Gasteiger partial charge on any atom is 0.416 e. The van der Waals surface area contributed by atoms with Crippen molar-refractivity contribution < 1.29 is 27.4 Å². The number of halogens is 3. The van der Waals surface area contributed by atoms with Crippen molar-refractivity contribution in [3.63, 3.8) is 0 Å². The summed E-state index contributed by atoms with van der Waals surface area (Å²) in [4.78, 5) is 12.5. The first-order valence-corrected chi connectivity index (χ1v) is 8.25. The van der Waals surface area contributed by atoms with Crippen LogP contribution < -0.4 is 10.1 Å². The third-order valence-electron chi connectivity index (χ3n) is 4.05. The lowest BCUT2D eigenvalue weighted by molar-refractivity contribution is -0.137. The molecule has 1 aliphatic heterocycles. The maximum absolute atomic E-state index is 12.6. The van der Waals surface area contributed by atoms with Crippen LogP contribution in [-0.2, 0) is 10.9 Å². The van der Waals surface area contributed by atoms with Crippen LogP contribution in [0, 0.1) is 0 Å². The van der Waals surface area contributed by atoms with Gasteiger partial charge < -0.3 is 14.8 Å². The first-order chi connectivity index (χ1) is 12.4. The van der Waals surface area contributed by atoms with Crippen molar-refractivity contribution >= 4 is 11.6 Å². The van der Waals surface area contributed by atoms with Gasteiger partial charge in [-0.25, -0.2) is 0 Å². The van der Waals surface area contributed by atoms with Crippen molar-refractivity contribution in [1.82, 2.24) is 0 Å². The lowest BCUT2D eigenvalue weighted by Gasteiger charge is -2.15. The molecule has 2 aromatic rings. The van der Waals surface area contributed by atoms with Crippen molar-refractivity contribution in [2.24, 2.45) is 0 Å². The van der Waals surface area contributed by atoms with Crippen LogP contribution in [0.3, 0.4) is 0 Å². The summed E-state index contributed by atoms with van der Waals surface area (Å²) in [6, 6.07) is 11.0. The monoisotopic (exact) mass is 365 g/mol. The normalized spacial score (nSPS) is 17.1. The predicted octanol–water partition coefficient (Wildman–Crippen LogP) is 4.52. The quantitative estimate of drug-likeness (QED) is 0.848. The van der Waals surface area contributed by atoms with E-state index in [9.17, 15) is 18.0 Å². The molecule has 1 fully saturated rings.